The summed E-state index contributed by atoms with van der Waals surface area (Å²) < 4.78 is 0. The molecule has 2 N–H and O–H groups in total. The van der Waals surface area contributed by atoms with Crippen molar-refractivity contribution < 1.29 is 0 Å². The quantitative estimate of drug-likeness (QED) is 0.848. The van der Waals surface area contributed by atoms with Crippen molar-refractivity contribution in [3.8, 4) is 0 Å². The second kappa shape index (κ2) is 6.55. The van der Waals surface area contributed by atoms with Crippen molar-refractivity contribution in [1.29, 1.82) is 0 Å². The molecule has 0 atom stereocenters. The molecule has 0 unspecified atom stereocenters. The smallest absolute Gasteiger partial charge is 0.0113 e. The van der Waals surface area contributed by atoms with Gasteiger partial charge in [-0.1, -0.05) is 12.8 Å². The summed E-state index contributed by atoms with van der Waals surface area (Å²) >= 11 is 0. The van der Waals surface area contributed by atoms with E-state index in [-0.39, 0.29) is 0 Å². The van der Waals surface area contributed by atoms with Crippen LogP contribution in [0.1, 0.15) is 51.4 Å². The molecule has 3 nitrogen and oxygen atoms in total. The number of piperazine rings is 1. The number of nitrogens with zero attached hydrogens (tertiary/aromatic N) is 2. The Morgan fingerprint density at radius 2 is 1.42 bits per heavy atom. The summed E-state index contributed by atoms with van der Waals surface area (Å²) in [6, 6.07) is 1.33. The van der Waals surface area contributed by atoms with Crippen molar-refractivity contribution >= 4 is 0 Å². The number of nitrogens with two attached hydrogens (primary N) is 1. The molecule has 2 aliphatic carbocycles. The van der Waals surface area contributed by atoms with Crippen molar-refractivity contribution in [1.82, 2.24) is 9.80 Å². The summed E-state index contributed by atoms with van der Waals surface area (Å²) in [6.07, 6.45) is 11.1. The zero-order valence-corrected chi connectivity index (χ0v) is 12.4. The van der Waals surface area contributed by atoms with Crippen molar-refractivity contribution in [2.45, 2.75) is 63.5 Å². The standard InChI is InChI=1S/C16H31N3/c17-15-5-7-16(8-6-15)19-11-9-18(10-12-19)13-14-3-1-2-4-14/h14-16H,1-13,17H2. The predicted octanol–water partition coefficient (Wildman–Crippen LogP) is 2.06. The molecule has 1 heterocycles. The molecule has 1 saturated heterocycles. The van der Waals surface area contributed by atoms with Crippen LogP contribution in [0.5, 0.6) is 0 Å². The zero-order valence-electron chi connectivity index (χ0n) is 12.4. The van der Waals surface area contributed by atoms with Crippen LogP contribution in [0.25, 0.3) is 0 Å². The Bertz CT molecular complexity index is 259. The van der Waals surface area contributed by atoms with E-state index in [9.17, 15) is 0 Å². The fraction of sp³-hybridized carbons (Fsp3) is 1.00. The molecule has 0 radical (unpaired) electrons. The van der Waals surface area contributed by atoms with Gasteiger partial charge in [0.25, 0.3) is 0 Å². The minimum absolute atomic E-state index is 0.486. The first-order valence-corrected chi connectivity index (χ1v) is 8.53. The lowest BCUT2D eigenvalue weighted by Gasteiger charge is -2.42. The Hall–Kier alpha value is -0.120. The molecule has 0 aromatic heterocycles. The minimum atomic E-state index is 0.486. The van der Waals surface area contributed by atoms with Crippen LogP contribution in [-0.4, -0.2) is 54.6 Å². The highest BCUT2D eigenvalue weighted by Gasteiger charge is 2.28. The summed E-state index contributed by atoms with van der Waals surface area (Å²) in [5, 5.41) is 0. The first-order chi connectivity index (χ1) is 9.31. The van der Waals surface area contributed by atoms with Crippen LogP contribution < -0.4 is 5.73 Å². The van der Waals surface area contributed by atoms with Gasteiger partial charge in [-0.3, -0.25) is 4.90 Å². The molecule has 0 spiro atoms. The molecule has 3 fully saturated rings. The van der Waals surface area contributed by atoms with Gasteiger partial charge in [-0.05, 0) is 44.4 Å². The Morgan fingerprint density at radius 1 is 0.789 bits per heavy atom. The first kappa shape index (κ1) is 13.8. The van der Waals surface area contributed by atoms with Crippen LogP contribution in [-0.2, 0) is 0 Å². The summed E-state index contributed by atoms with van der Waals surface area (Å²) in [4.78, 5) is 5.47. The molecular weight excluding hydrogens is 234 g/mol. The van der Waals surface area contributed by atoms with E-state index in [0.717, 1.165) is 12.0 Å². The Labute approximate surface area is 118 Å². The minimum Gasteiger partial charge on any atom is -0.328 e. The first-order valence-electron chi connectivity index (χ1n) is 8.53. The maximum atomic E-state index is 6.01. The van der Waals surface area contributed by atoms with E-state index in [0.29, 0.717) is 6.04 Å². The largest absolute Gasteiger partial charge is 0.328 e. The number of rotatable bonds is 3. The van der Waals surface area contributed by atoms with Crippen LogP contribution >= 0.6 is 0 Å². The van der Waals surface area contributed by atoms with Crippen molar-refractivity contribution in [2.24, 2.45) is 11.7 Å². The van der Waals surface area contributed by atoms with Crippen LogP contribution in [0.15, 0.2) is 0 Å². The Morgan fingerprint density at radius 3 is 2.05 bits per heavy atom. The predicted molar refractivity (Wildman–Crippen MR) is 80.2 cm³/mol. The van der Waals surface area contributed by atoms with E-state index in [4.69, 9.17) is 5.73 Å². The van der Waals surface area contributed by atoms with Crippen LogP contribution in [0.2, 0.25) is 0 Å². The van der Waals surface area contributed by atoms with Gasteiger partial charge < -0.3 is 10.6 Å². The number of hydrogen-bond donors (Lipinski definition) is 1. The molecule has 1 aliphatic heterocycles. The third-order valence-corrected chi connectivity index (χ3v) is 5.66. The van der Waals surface area contributed by atoms with E-state index >= 15 is 0 Å². The molecule has 3 aliphatic rings. The maximum Gasteiger partial charge on any atom is 0.0113 e. The van der Waals surface area contributed by atoms with Crippen molar-refractivity contribution in [2.75, 3.05) is 32.7 Å². The van der Waals surface area contributed by atoms with E-state index in [1.165, 1.54) is 84.1 Å². The normalized spacial score (nSPS) is 35.8. The van der Waals surface area contributed by atoms with Gasteiger partial charge in [-0.15, -0.1) is 0 Å². The summed E-state index contributed by atoms with van der Waals surface area (Å²) in [5.41, 5.74) is 6.01. The van der Waals surface area contributed by atoms with E-state index < -0.39 is 0 Å². The van der Waals surface area contributed by atoms with E-state index in [1.807, 2.05) is 0 Å². The SMILES string of the molecule is NC1CCC(N2CCN(CC3CCCC3)CC2)CC1. The molecule has 0 aromatic carbocycles. The van der Waals surface area contributed by atoms with Crippen LogP contribution in [0.3, 0.4) is 0 Å². The molecular formula is C16H31N3. The van der Waals surface area contributed by atoms with Gasteiger partial charge >= 0.3 is 0 Å². The third-order valence-electron chi connectivity index (χ3n) is 5.66. The fourth-order valence-electron chi connectivity index (χ4n) is 4.34. The topological polar surface area (TPSA) is 32.5 Å². The molecule has 0 aromatic rings. The zero-order chi connectivity index (χ0) is 13.1. The van der Waals surface area contributed by atoms with Crippen molar-refractivity contribution in [3.63, 3.8) is 0 Å². The van der Waals surface area contributed by atoms with Gasteiger partial charge in [0.1, 0.15) is 0 Å². The molecule has 19 heavy (non-hydrogen) atoms. The molecule has 110 valence electrons. The van der Waals surface area contributed by atoms with Crippen LogP contribution in [0, 0.1) is 5.92 Å². The van der Waals surface area contributed by atoms with Gasteiger partial charge in [0.2, 0.25) is 0 Å². The lowest BCUT2D eigenvalue weighted by molar-refractivity contribution is 0.0691. The highest BCUT2D eigenvalue weighted by Crippen LogP contribution is 2.27. The van der Waals surface area contributed by atoms with Crippen LogP contribution in [0.4, 0.5) is 0 Å². The second-order valence-electron chi connectivity index (χ2n) is 7.06. The summed E-state index contributed by atoms with van der Waals surface area (Å²) in [5.74, 6) is 1.01. The van der Waals surface area contributed by atoms with Gasteiger partial charge in [-0.2, -0.15) is 0 Å². The fourth-order valence-corrected chi connectivity index (χ4v) is 4.34. The molecule has 0 amide bonds. The summed E-state index contributed by atoms with van der Waals surface area (Å²) in [7, 11) is 0. The molecule has 0 bridgehead atoms. The molecule has 3 rings (SSSR count). The van der Waals surface area contributed by atoms with Gasteiger partial charge in [-0.25, -0.2) is 0 Å². The van der Waals surface area contributed by atoms with Gasteiger partial charge in [0.05, 0.1) is 0 Å². The average Bonchev–Trinajstić information content (AvgIpc) is 2.94. The summed E-state index contributed by atoms with van der Waals surface area (Å²) in [6.45, 7) is 6.58. The third kappa shape index (κ3) is 3.71. The van der Waals surface area contributed by atoms with Gasteiger partial charge in [0.15, 0.2) is 0 Å². The highest BCUT2D eigenvalue weighted by atomic mass is 15.3. The second-order valence-corrected chi connectivity index (χ2v) is 7.06. The van der Waals surface area contributed by atoms with E-state index in [1.54, 1.807) is 0 Å². The van der Waals surface area contributed by atoms with E-state index in [2.05, 4.69) is 9.80 Å². The monoisotopic (exact) mass is 265 g/mol. The lowest BCUT2D eigenvalue weighted by Crippen LogP contribution is -2.52. The molecule has 3 heteroatoms. The maximum absolute atomic E-state index is 6.01. The Kier molecular flexibility index (Phi) is 4.78. The van der Waals surface area contributed by atoms with Crippen molar-refractivity contribution in [3.05, 3.63) is 0 Å². The lowest BCUT2D eigenvalue weighted by atomic mass is 9.90. The Balaban J connectivity index is 1.39. The number of hydrogen-bond acceptors (Lipinski definition) is 3. The van der Waals surface area contributed by atoms with Gasteiger partial charge in [0, 0.05) is 44.8 Å². The highest BCUT2D eigenvalue weighted by molar-refractivity contribution is 4.85. The average molecular weight is 265 g/mol. The molecule has 2 saturated carbocycles.